The number of nitrogens with one attached hydrogen (secondary N) is 1. The van der Waals surface area contributed by atoms with Crippen LogP contribution in [0.3, 0.4) is 0 Å². The number of amides is 1. The van der Waals surface area contributed by atoms with Gasteiger partial charge in [-0.3, -0.25) is 9.48 Å². The number of aromatic nitrogens is 5. The Bertz CT molecular complexity index is 942. The van der Waals surface area contributed by atoms with Crippen molar-refractivity contribution in [3.05, 3.63) is 70.3 Å². The molecule has 1 N–H and O–H groups in total. The van der Waals surface area contributed by atoms with Crippen LogP contribution in [0.15, 0.2) is 42.7 Å². The van der Waals surface area contributed by atoms with E-state index >= 15 is 0 Å². The van der Waals surface area contributed by atoms with Crippen molar-refractivity contribution >= 4 is 23.6 Å². The minimum atomic E-state index is -0.0893. The number of H-pyrrole nitrogens is 1. The molecule has 26 heavy (non-hydrogen) atoms. The van der Waals surface area contributed by atoms with Crippen molar-refractivity contribution in [1.82, 2.24) is 30.1 Å². The van der Waals surface area contributed by atoms with Crippen molar-refractivity contribution in [1.29, 1.82) is 0 Å². The first-order valence-corrected chi connectivity index (χ1v) is 8.61. The van der Waals surface area contributed by atoms with Crippen molar-refractivity contribution in [2.24, 2.45) is 7.05 Å². The van der Waals surface area contributed by atoms with Crippen LogP contribution in [-0.2, 0) is 13.5 Å². The molecule has 7 nitrogen and oxygen atoms in total. The number of rotatable bonds is 5. The van der Waals surface area contributed by atoms with Crippen molar-refractivity contribution in [3.8, 4) is 0 Å². The monoisotopic (exact) mass is 368 g/mol. The van der Waals surface area contributed by atoms with Gasteiger partial charge in [-0.25, -0.2) is 0 Å². The number of halogens is 1. The third-order valence-electron chi connectivity index (χ3n) is 4.61. The van der Waals surface area contributed by atoms with Crippen LogP contribution in [0.25, 0.3) is 6.08 Å². The van der Waals surface area contributed by atoms with Crippen LogP contribution >= 0.6 is 11.6 Å². The Balaban J connectivity index is 1.63. The number of nitrogens with zero attached hydrogens (tertiary/aromatic N) is 5. The van der Waals surface area contributed by atoms with E-state index in [1.807, 2.05) is 48.4 Å². The second-order valence-electron chi connectivity index (χ2n) is 6.12. The Labute approximate surface area is 155 Å². The molecule has 1 aromatic carbocycles. The van der Waals surface area contributed by atoms with Gasteiger partial charge in [0, 0.05) is 25.6 Å². The molecule has 0 saturated heterocycles. The second kappa shape index (κ2) is 6.76. The van der Waals surface area contributed by atoms with Crippen molar-refractivity contribution in [2.75, 3.05) is 6.54 Å². The summed E-state index contributed by atoms with van der Waals surface area (Å²) in [5, 5.41) is 15.1. The fraction of sp³-hybridized carbons (Fsp3) is 0.222. The first-order chi connectivity index (χ1) is 12.6. The van der Waals surface area contributed by atoms with Crippen LogP contribution < -0.4 is 0 Å². The van der Waals surface area contributed by atoms with Crippen LogP contribution in [0.1, 0.15) is 33.4 Å². The van der Waals surface area contributed by atoms with E-state index in [1.54, 1.807) is 17.1 Å². The lowest BCUT2D eigenvalue weighted by molar-refractivity contribution is 0.0746. The van der Waals surface area contributed by atoms with E-state index in [4.69, 9.17) is 11.6 Å². The van der Waals surface area contributed by atoms with E-state index in [0.717, 1.165) is 22.5 Å². The van der Waals surface area contributed by atoms with E-state index in [-0.39, 0.29) is 11.9 Å². The van der Waals surface area contributed by atoms with Gasteiger partial charge in [0.1, 0.15) is 5.69 Å². The average molecular weight is 369 g/mol. The third-order valence-corrected chi connectivity index (χ3v) is 4.92. The maximum absolute atomic E-state index is 12.9. The van der Waals surface area contributed by atoms with Crippen LogP contribution in [0.5, 0.6) is 0 Å². The highest BCUT2D eigenvalue weighted by atomic mass is 35.5. The maximum Gasteiger partial charge on any atom is 0.255 e. The van der Waals surface area contributed by atoms with Gasteiger partial charge in [-0.15, -0.1) is 0 Å². The molecular formula is C18H17ClN6O. The summed E-state index contributed by atoms with van der Waals surface area (Å²) in [4.78, 5) is 14.8. The van der Waals surface area contributed by atoms with E-state index in [9.17, 15) is 4.79 Å². The summed E-state index contributed by atoms with van der Waals surface area (Å²) in [5.41, 5.74) is 3.39. The minimum Gasteiger partial charge on any atom is -0.327 e. The Morgan fingerprint density at radius 1 is 1.31 bits per heavy atom. The van der Waals surface area contributed by atoms with Gasteiger partial charge in [0.15, 0.2) is 0 Å². The van der Waals surface area contributed by atoms with Gasteiger partial charge in [0.05, 0.1) is 29.2 Å². The highest BCUT2D eigenvalue weighted by Gasteiger charge is 2.36. The van der Waals surface area contributed by atoms with Crippen LogP contribution in [0.2, 0.25) is 5.02 Å². The highest BCUT2D eigenvalue weighted by Crippen LogP contribution is 2.36. The molecular weight excluding hydrogens is 352 g/mol. The molecule has 3 heterocycles. The Kier molecular flexibility index (Phi) is 4.30. The highest BCUT2D eigenvalue weighted by molar-refractivity contribution is 6.31. The first kappa shape index (κ1) is 16.5. The molecule has 1 aliphatic rings. The lowest BCUT2D eigenvalue weighted by Gasteiger charge is -2.24. The van der Waals surface area contributed by atoms with Crippen molar-refractivity contribution in [2.45, 2.75) is 12.5 Å². The quantitative estimate of drug-likeness (QED) is 0.750. The predicted octanol–water partition coefficient (Wildman–Crippen LogP) is 2.64. The van der Waals surface area contributed by atoms with Gasteiger partial charge >= 0.3 is 0 Å². The smallest absolute Gasteiger partial charge is 0.255 e. The molecule has 1 amide bonds. The standard InChI is InChI=1S/C18H17ClN6O/c1-24-17(15(19)11-21-24)9-16-13-6-2-3-7-14(13)18(26)25(16)8-4-5-12-10-20-23-22-12/h2-7,10-11,16H,8-9H2,1H3,(H,20,22,23)/b5-4+/t16-/m0/s1. The number of hydrogen-bond donors (Lipinski definition) is 1. The number of hydrogen-bond acceptors (Lipinski definition) is 4. The Hall–Kier alpha value is -2.93. The molecule has 3 aromatic rings. The Morgan fingerprint density at radius 2 is 2.15 bits per heavy atom. The van der Waals surface area contributed by atoms with E-state index in [1.165, 1.54) is 0 Å². The fourth-order valence-corrected chi connectivity index (χ4v) is 3.55. The molecule has 2 aromatic heterocycles. The Morgan fingerprint density at radius 3 is 2.88 bits per heavy atom. The summed E-state index contributed by atoms with van der Waals surface area (Å²) in [7, 11) is 1.86. The van der Waals surface area contributed by atoms with Crippen LogP contribution in [0.4, 0.5) is 0 Å². The average Bonchev–Trinajstić information content (AvgIpc) is 3.33. The molecule has 0 bridgehead atoms. The third kappa shape index (κ3) is 2.90. The lowest BCUT2D eigenvalue weighted by atomic mass is 10.0. The minimum absolute atomic E-state index is 0.0219. The zero-order valence-corrected chi connectivity index (χ0v) is 14.9. The topological polar surface area (TPSA) is 79.7 Å². The summed E-state index contributed by atoms with van der Waals surface area (Å²) in [6, 6.07) is 7.63. The van der Waals surface area contributed by atoms with Gasteiger partial charge in [-0.1, -0.05) is 35.9 Å². The van der Waals surface area contributed by atoms with Crippen molar-refractivity contribution in [3.63, 3.8) is 0 Å². The summed E-state index contributed by atoms with van der Waals surface area (Å²) in [5.74, 6) is 0.0219. The van der Waals surface area contributed by atoms with Crippen LogP contribution in [-0.4, -0.2) is 42.5 Å². The molecule has 0 fully saturated rings. The second-order valence-corrected chi connectivity index (χ2v) is 6.53. The van der Waals surface area contributed by atoms with Crippen LogP contribution in [0, 0.1) is 0 Å². The van der Waals surface area contributed by atoms with E-state index in [2.05, 4.69) is 20.5 Å². The zero-order chi connectivity index (χ0) is 18.1. The number of fused-ring (bicyclic) bond motifs is 1. The number of carbonyl (C=O) groups is 1. The van der Waals surface area contributed by atoms with Gasteiger partial charge < -0.3 is 4.90 Å². The summed E-state index contributed by atoms with van der Waals surface area (Å²) in [6.45, 7) is 0.473. The molecule has 0 saturated carbocycles. The van der Waals surface area contributed by atoms with Gasteiger partial charge in [0.2, 0.25) is 0 Å². The molecule has 0 unspecified atom stereocenters. The summed E-state index contributed by atoms with van der Waals surface area (Å²) >= 11 is 6.29. The number of aromatic amines is 1. The summed E-state index contributed by atoms with van der Waals surface area (Å²) in [6.07, 6.45) is 7.63. The largest absolute Gasteiger partial charge is 0.327 e. The van der Waals surface area contributed by atoms with Gasteiger partial charge in [0.25, 0.3) is 5.91 Å². The first-order valence-electron chi connectivity index (χ1n) is 8.23. The molecule has 8 heteroatoms. The lowest BCUT2D eigenvalue weighted by Crippen LogP contribution is -2.30. The molecule has 0 aliphatic carbocycles. The van der Waals surface area contributed by atoms with Gasteiger partial charge in [-0.2, -0.15) is 20.5 Å². The number of aryl methyl sites for hydroxylation is 1. The molecule has 0 spiro atoms. The molecule has 4 rings (SSSR count). The maximum atomic E-state index is 12.9. The zero-order valence-electron chi connectivity index (χ0n) is 14.1. The summed E-state index contributed by atoms with van der Waals surface area (Å²) < 4.78 is 1.76. The van der Waals surface area contributed by atoms with Gasteiger partial charge in [-0.05, 0) is 17.7 Å². The molecule has 1 aliphatic heterocycles. The SMILES string of the molecule is Cn1ncc(Cl)c1C[C@H]1c2ccccc2C(=O)N1C/C=C/c1cn[nH]n1. The fourth-order valence-electron chi connectivity index (χ4n) is 3.30. The van der Waals surface area contributed by atoms with E-state index in [0.29, 0.717) is 18.0 Å². The van der Waals surface area contributed by atoms with Crippen molar-refractivity contribution < 1.29 is 4.79 Å². The van der Waals surface area contributed by atoms with E-state index < -0.39 is 0 Å². The number of benzene rings is 1. The number of carbonyl (C=O) groups excluding carboxylic acids is 1. The molecule has 0 radical (unpaired) electrons. The molecule has 1 atom stereocenters. The normalized spacial score (nSPS) is 16.6. The predicted molar refractivity (Wildman–Crippen MR) is 97.6 cm³/mol. The molecule has 132 valence electrons.